The van der Waals surface area contributed by atoms with E-state index in [2.05, 4.69) is 18.7 Å². The lowest BCUT2D eigenvalue weighted by Gasteiger charge is -2.44. The van der Waals surface area contributed by atoms with Gasteiger partial charge in [-0.1, -0.05) is 62.0 Å². The SMILES string of the molecule is CCC1(CC)CCN(C(CN)c2cccc(Cl)c2Cl)CC1. The molecule has 0 spiro atoms. The van der Waals surface area contributed by atoms with Gasteiger partial charge in [0.25, 0.3) is 0 Å². The minimum Gasteiger partial charge on any atom is -0.329 e. The van der Waals surface area contributed by atoms with Gasteiger partial charge in [0.1, 0.15) is 0 Å². The van der Waals surface area contributed by atoms with Crippen molar-refractivity contribution < 1.29 is 0 Å². The standard InChI is InChI=1S/C17H26Cl2N2/c1-3-17(4-2)8-10-21(11-9-17)15(12-20)13-6-5-7-14(18)16(13)19/h5-7,15H,3-4,8-12,20H2,1-2H3. The molecule has 1 aromatic carbocycles. The first-order valence-electron chi connectivity index (χ1n) is 7.95. The summed E-state index contributed by atoms with van der Waals surface area (Å²) >= 11 is 12.5. The van der Waals surface area contributed by atoms with Crippen molar-refractivity contribution in [3.63, 3.8) is 0 Å². The van der Waals surface area contributed by atoms with Crippen molar-refractivity contribution in [2.75, 3.05) is 19.6 Å². The Kier molecular flexibility index (Phi) is 5.96. The molecule has 1 aromatic rings. The van der Waals surface area contributed by atoms with Gasteiger partial charge in [0.15, 0.2) is 0 Å². The van der Waals surface area contributed by atoms with Crippen LogP contribution in [-0.4, -0.2) is 24.5 Å². The molecule has 1 aliphatic rings. The van der Waals surface area contributed by atoms with E-state index in [-0.39, 0.29) is 6.04 Å². The molecule has 0 bridgehead atoms. The molecule has 0 saturated carbocycles. The number of benzene rings is 1. The molecule has 1 atom stereocenters. The van der Waals surface area contributed by atoms with Gasteiger partial charge in [-0.25, -0.2) is 0 Å². The highest BCUT2D eigenvalue weighted by Gasteiger charge is 2.34. The predicted molar refractivity (Wildman–Crippen MR) is 92.1 cm³/mol. The molecule has 2 rings (SSSR count). The Morgan fingerprint density at radius 3 is 2.33 bits per heavy atom. The number of hydrogen-bond acceptors (Lipinski definition) is 2. The zero-order chi connectivity index (χ0) is 15.5. The summed E-state index contributed by atoms with van der Waals surface area (Å²) in [6, 6.07) is 6.00. The second-order valence-electron chi connectivity index (χ2n) is 6.14. The molecule has 0 amide bonds. The summed E-state index contributed by atoms with van der Waals surface area (Å²) in [5.74, 6) is 0. The lowest BCUT2D eigenvalue weighted by molar-refractivity contribution is 0.0680. The normalized spacial score (nSPS) is 20.4. The minimum atomic E-state index is 0.169. The van der Waals surface area contributed by atoms with Gasteiger partial charge in [-0.3, -0.25) is 4.90 Å². The number of nitrogens with zero attached hydrogens (tertiary/aromatic N) is 1. The number of nitrogens with two attached hydrogens (primary N) is 1. The van der Waals surface area contributed by atoms with Crippen molar-refractivity contribution >= 4 is 23.2 Å². The monoisotopic (exact) mass is 328 g/mol. The maximum absolute atomic E-state index is 6.38. The van der Waals surface area contributed by atoms with Crippen LogP contribution >= 0.6 is 23.2 Å². The van der Waals surface area contributed by atoms with Crippen molar-refractivity contribution in [2.24, 2.45) is 11.1 Å². The molecule has 0 aromatic heterocycles. The van der Waals surface area contributed by atoms with Crippen LogP contribution in [0.25, 0.3) is 0 Å². The first-order valence-corrected chi connectivity index (χ1v) is 8.70. The molecule has 2 nitrogen and oxygen atoms in total. The molecule has 118 valence electrons. The maximum Gasteiger partial charge on any atom is 0.0640 e. The molecule has 1 heterocycles. The molecular weight excluding hydrogens is 303 g/mol. The smallest absolute Gasteiger partial charge is 0.0640 e. The van der Waals surface area contributed by atoms with Crippen molar-refractivity contribution in [1.82, 2.24) is 4.90 Å². The van der Waals surface area contributed by atoms with Gasteiger partial charge in [0.05, 0.1) is 10.0 Å². The van der Waals surface area contributed by atoms with E-state index < -0.39 is 0 Å². The van der Waals surface area contributed by atoms with E-state index in [0.29, 0.717) is 22.0 Å². The van der Waals surface area contributed by atoms with Crippen molar-refractivity contribution in [1.29, 1.82) is 0 Å². The van der Waals surface area contributed by atoms with E-state index in [1.807, 2.05) is 18.2 Å². The van der Waals surface area contributed by atoms with Crippen LogP contribution in [-0.2, 0) is 0 Å². The molecule has 1 aliphatic heterocycles. The van der Waals surface area contributed by atoms with Gasteiger partial charge < -0.3 is 5.73 Å². The summed E-state index contributed by atoms with van der Waals surface area (Å²) < 4.78 is 0. The third-order valence-corrected chi connectivity index (χ3v) is 6.20. The number of likely N-dealkylation sites (tertiary alicyclic amines) is 1. The van der Waals surface area contributed by atoms with E-state index in [4.69, 9.17) is 28.9 Å². The Balaban J connectivity index is 2.15. The third-order valence-electron chi connectivity index (χ3n) is 5.36. The first-order chi connectivity index (χ1) is 10.1. The van der Waals surface area contributed by atoms with Crippen LogP contribution in [0, 0.1) is 5.41 Å². The van der Waals surface area contributed by atoms with E-state index in [0.717, 1.165) is 18.7 Å². The summed E-state index contributed by atoms with van der Waals surface area (Å²) in [6.45, 7) is 7.38. The fourth-order valence-electron chi connectivity index (χ4n) is 3.52. The number of rotatable bonds is 5. The van der Waals surface area contributed by atoms with E-state index in [9.17, 15) is 0 Å². The Labute approximate surface area is 138 Å². The largest absolute Gasteiger partial charge is 0.329 e. The zero-order valence-electron chi connectivity index (χ0n) is 13.0. The summed E-state index contributed by atoms with van der Waals surface area (Å²) in [5, 5.41) is 1.26. The highest BCUT2D eigenvalue weighted by Crippen LogP contribution is 2.41. The van der Waals surface area contributed by atoms with E-state index in [1.54, 1.807) is 0 Å². The molecule has 1 unspecified atom stereocenters. The summed E-state index contributed by atoms with van der Waals surface area (Å²) in [5.41, 5.74) is 7.63. The predicted octanol–water partition coefficient (Wildman–Crippen LogP) is 4.90. The number of hydrogen-bond donors (Lipinski definition) is 1. The highest BCUT2D eigenvalue weighted by molar-refractivity contribution is 6.42. The van der Waals surface area contributed by atoms with Crippen molar-refractivity contribution in [3.8, 4) is 0 Å². The average Bonchev–Trinajstić information content (AvgIpc) is 2.53. The van der Waals surface area contributed by atoms with Crippen LogP contribution in [0.5, 0.6) is 0 Å². The Morgan fingerprint density at radius 1 is 1.19 bits per heavy atom. The highest BCUT2D eigenvalue weighted by atomic mass is 35.5. The topological polar surface area (TPSA) is 29.3 Å². The van der Waals surface area contributed by atoms with Gasteiger partial charge >= 0.3 is 0 Å². The molecule has 2 N–H and O–H groups in total. The first kappa shape index (κ1) is 17.1. The zero-order valence-corrected chi connectivity index (χ0v) is 14.6. The molecule has 1 saturated heterocycles. The fraction of sp³-hybridized carbons (Fsp3) is 0.647. The lowest BCUT2D eigenvalue weighted by atomic mass is 9.74. The summed E-state index contributed by atoms with van der Waals surface area (Å²) in [7, 11) is 0. The number of piperidine rings is 1. The van der Waals surface area contributed by atoms with Crippen LogP contribution in [0.15, 0.2) is 18.2 Å². The minimum absolute atomic E-state index is 0.169. The molecule has 21 heavy (non-hydrogen) atoms. The van der Waals surface area contributed by atoms with E-state index in [1.165, 1.54) is 25.7 Å². The van der Waals surface area contributed by atoms with E-state index >= 15 is 0 Å². The van der Waals surface area contributed by atoms with Crippen LogP contribution in [0.2, 0.25) is 10.0 Å². The molecule has 4 heteroatoms. The molecule has 0 radical (unpaired) electrons. The number of halogens is 2. The third kappa shape index (κ3) is 3.56. The van der Waals surface area contributed by atoms with Crippen LogP contribution in [0.4, 0.5) is 0 Å². The second kappa shape index (κ2) is 7.32. The maximum atomic E-state index is 6.38. The molecule has 0 aliphatic carbocycles. The van der Waals surface area contributed by atoms with Crippen molar-refractivity contribution in [2.45, 2.75) is 45.6 Å². The summed E-state index contributed by atoms with van der Waals surface area (Å²) in [4.78, 5) is 2.47. The Hall–Kier alpha value is -0.280. The van der Waals surface area contributed by atoms with Crippen LogP contribution < -0.4 is 5.73 Å². The summed E-state index contributed by atoms with van der Waals surface area (Å²) in [6.07, 6.45) is 5.02. The Bertz CT molecular complexity index is 462. The van der Waals surface area contributed by atoms with Gasteiger partial charge in [0.2, 0.25) is 0 Å². The van der Waals surface area contributed by atoms with Gasteiger partial charge in [-0.2, -0.15) is 0 Å². The fourth-order valence-corrected chi connectivity index (χ4v) is 3.95. The van der Waals surface area contributed by atoms with Crippen molar-refractivity contribution in [3.05, 3.63) is 33.8 Å². The van der Waals surface area contributed by atoms with Gasteiger partial charge in [0, 0.05) is 12.6 Å². The quantitative estimate of drug-likeness (QED) is 0.833. The Morgan fingerprint density at radius 2 is 1.81 bits per heavy atom. The molecule has 1 fully saturated rings. The molecular formula is C17H26Cl2N2. The van der Waals surface area contributed by atoms with Gasteiger partial charge in [-0.15, -0.1) is 0 Å². The van der Waals surface area contributed by atoms with Crippen LogP contribution in [0.1, 0.15) is 51.1 Å². The lowest BCUT2D eigenvalue weighted by Crippen LogP contribution is -2.43. The second-order valence-corrected chi connectivity index (χ2v) is 6.92. The van der Waals surface area contributed by atoms with Crippen LogP contribution in [0.3, 0.4) is 0 Å². The average molecular weight is 329 g/mol. The van der Waals surface area contributed by atoms with Gasteiger partial charge in [-0.05, 0) is 43.0 Å².